The molecule has 4 heteroatoms. The monoisotopic (exact) mass is 304 g/mol. The SMILES string of the molecule is COC.Cc1ccc(C(=O)c2cccc(C=O)c2)c(Cl)c1. The third-order valence-corrected chi connectivity index (χ3v) is 2.97. The lowest BCUT2D eigenvalue weighted by Gasteiger charge is -2.05. The Kier molecular flexibility index (Phi) is 6.79. The maximum atomic E-state index is 12.2. The molecule has 0 aliphatic heterocycles. The molecule has 0 amide bonds. The minimum Gasteiger partial charge on any atom is -0.388 e. The normalized spacial score (nSPS) is 9.52. The van der Waals surface area contributed by atoms with Crippen molar-refractivity contribution in [2.75, 3.05) is 14.2 Å². The van der Waals surface area contributed by atoms with Crippen molar-refractivity contribution in [2.24, 2.45) is 0 Å². The first kappa shape index (κ1) is 17.1. The maximum Gasteiger partial charge on any atom is 0.194 e. The summed E-state index contributed by atoms with van der Waals surface area (Å²) in [5, 5.41) is 0.427. The van der Waals surface area contributed by atoms with Crippen LogP contribution in [0.4, 0.5) is 0 Å². The van der Waals surface area contributed by atoms with Gasteiger partial charge < -0.3 is 4.74 Å². The summed E-state index contributed by atoms with van der Waals surface area (Å²) in [5.41, 5.74) is 2.39. The summed E-state index contributed by atoms with van der Waals surface area (Å²) < 4.78 is 4.25. The first-order valence-corrected chi connectivity index (χ1v) is 6.67. The lowest BCUT2D eigenvalue weighted by Crippen LogP contribution is -2.03. The van der Waals surface area contributed by atoms with Gasteiger partial charge in [0.05, 0.1) is 5.02 Å². The van der Waals surface area contributed by atoms with Crippen LogP contribution in [-0.2, 0) is 4.74 Å². The van der Waals surface area contributed by atoms with E-state index in [0.717, 1.165) is 5.56 Å². The van der Waals surface area contributed by atoms with Gasteiger partial charge in [-0.05, 0) is 30.7 Å². The van der Waals surface area contributed by atoms with Crippen LogP contribution in [0.5, 0.6) is 0 Å². The molecule has 3 nitrogen and oxygen atoms in total. The molecular weight excluding hydrogens is 288 g/mol. The largest absolute Gasteiger partial charge is 0.388 e. The summed E-state index contributed by atoms with van der Waals surface area (Å²) in [7, 11) is 3.25. The van der Waals surface area contributed by atoms with Crippen LogP contribution in [-0.4, -0.2) is 26.3 Å². The number of ketones is 1. The van der Waals surface area contributed by atoms with Crippen molar-refractivity contribution in [1.29, 1.82) is 0 Å². The van der Waals surface area contributed by atoms with Crippen LogP contribution in [0.25, 0.3) is 0 Å². The Morgan fingerprint density at radius 1 is 1.14 bits per heavy atom. The lowest BCUT2D eigenvalue weighted by molar-refractivity contribution is 0.103. The average Bonchev–Trinajstić information content (AvgIpc) is 2.47. The quantitative estimate of drug-likeness (QED) is 0.637. The Labute approximate surface area is 129 Å². The number of ether oxygens (including phenoxy) is 1. The van der Waals surface area contributed by atoms with Gasteiger partial charge in [-0.2, -0.15) is 0 Å². The number of hydrogen-bond acceptors (Lipinski definition) is 3. The lowest BCUT2D eigenvalue weighted by atomic mass is 10.0. The predicted molar refractivity (Wildman–Crippen MR) is 84.4 cm³/mol. The van der Waals surface area contributed by atoms with E-state index in [0.29, 0.717) is 28.0 Å². The number of halogens is 1. The van der Waals surface area contributed by atoms with Crippen LogP contribution in [0.2, 0.25) is 5.02 Å². The van der Waals surface area contributed by atoms with Crippen molar-refractivity contribution in [3.63, 3.8) is 0 Å². The van der Waals surface area contributed by atoms with Crippen molar-refractivity contribution in [3.8, 4) is 0 Å². The number of carbonyl (C=O) groups excluding carboxylic acids is 2. The van der Waals surface area contributed by atoms with Gasteiger partial charge in [0.25, 0.3) is 0 Å². The van der Waals surface area contributed by atoms with Crippen LogP contribution in [0.15, 0.2) is 42.5 Å². The molecule has 0 atom stereocenters. The van der Waals surface area contributed by atoms with Crippen molar-refractivity contribution >= 4 is 23.7 Å². The summed E-state index contributed by atoms with van der Waals surface area (Å²) in [6, 6.07) is 11.9. The topological polar surface area (TPSA) is 43.4 Å². The van der Waals surface area contributed by atoms with Gasteiger partial charge in [-0.3, -0.25) is 9.59 Å². The molecule has 0 aliphatic carbocycles. The Hall–Kier alpha value is -1.97. The van der Waals surface area contributed by atoms with Crippen LogP contribution in [0, 0.1) is 6.92 Å². The molecule has 110 valence electrons. The number of carbonyl (C=O) groups is 2. The van der Waals surface area contributed by atoms with Crippen molar-refractivity contribution in [2.45, 2.75) is 6.92 Å². The molecule has 0 spiro atoms. The molecule has 0 fully saturated rings. The number of methoxy groups -OCH3 is 1. The van der Waals surface area contributed by atoms with Crippen LogP contribution < -0.4 is 0 Å². The summed E-state index contributed by atoms with van der Waals surface area (Å²) in [6.45, 7) is 1.91. The van der Waals surface area contributed by atoms with Gasteiger partial charge in [0.1, 0.15) is 6.29 Å². The van der Waals surface area contributed by atoms with Crippen molar-refractivity contribution in [3.05, 3.63) is 69.7 Å². The zero-order valence-electron chi connectivity index (χ0n) is 12.2. The molecule has 0 aromatic heterocycles. The van der Waals surface area contributed by atoms with Crippen LogP contribution >= 0.6 is 11.6 Å². The predicted octanol–water partition coefficient (Wildman–Crippen LogP) is 3.95. The molecule has 0 saturated heterocycles. The van der Waals surface area contributed by atoms with Crippen LogP contribution in [0.3, 0.4) is 0 Å². The number of hydrogen-bond donors (Lipinski definition) is 0. The second kappa shape index (κ2) is 8.35. The van der Waals surface area contributed by atoms with Crippen molar-refractivity contribution < 1.29 is 14.3 Å². The number of benzene rings is 2. The fourth-order valence-corrected chi connectivity index (χ4v) is 2.03. The molecule has 0 N–H and O–H groups in total. The van der Waals surface area contributed by atoms with Gasteiger partial charge in [-0.15, -0.1) is 0 Å². The number of aryl methyl sites for hydroxylation is 1. The van der Waals surface area contributed by atoms with E-state index in [1.807, 2.05) is 13.0 Å². The molecule has 21 heavy (non-hydrogen) atoms. The van der Waals surface area contributed by atoms with E-state index in [-0.39, 0.29) is 5.78 Å². The first-order valence-electron chi connectivity index (χ1n) is 6.29. The number of rotatable bonds is 3. The maximum absolute atomic E-state index is 12.2. The highest BCUT2D eigenvalue weighted by Gasteiger charge is 2.13. The fraction of sp³-hybridized carbons (Fsp3) is 0.176. The van der Waals surface area contributed by atoms with E-state index in [1.165, 1.54) is 0 Å². The molecule has 0 unspecified atom stereocenters. The van der Waals surface area contributed by atoms with Gasteiger partial charge in [-0.25, -0.2) is 0 Å². The Morgan fingerprint density at radius 3 is 2.38 bits per heavy atom. The Morgan fingerprint density at radius 2 is 1.81 bits per heavy atom. The highest BCUT2D eigenvalue weighted by Crippen LogP contribution is 2.21. The zero-order valence-corrected chi connectivity index (χ0v) is 13.0. The van der Waals surface area contributed by atoms with Crippen molar-refractivity contribution in [1.82, 2.24) is 0 Å². The van der Waals surface area contributed by atoms with Crippen LogP contribution in [0.1, 0.15) is 31.8 Å². The summed E-state index contributed by atoms with van der Waals surface area (Å²) in [4.78, 5) is 22.9. The molecule has 0 aliphatic rings. The van der Waals surface area contributed by atoms with Gasteiger partial charge in [0.2, 0.25) is 0 Å². The number of aldehydes is 1. The molecule has 0 bridgehead atoms. The van der Waals surface area contributed by atoms with E-state index in [1.54, 1.807) is 50.6 Å². The minimum atomic E-state index is -0.177. The molecular formula is C17H17ClO3. The van der Waals surface area contributed by atoms with Gasteiger partial charge in [-0.1, -0.05) is 35.9 Å². The molecule has 2 rings (SSSR count). The van der Waals surface area contributed by atoms with Gasteiger partial charge >= 0.3 is 0 Å². The highest BCUT2D eigenvalue weighted by molar-refractivity contribution is 6.35. The second-order valence-electron chi connectivity index (χ2n) is 4.46. The molecule has 2 aromatic rings. The average molecular weight is 305 g/mol. The highest BCUT2D eigenvalue weighted by atomic mass is 35.5. The second-order valence-corrected chi connectivity index (χ2v) is 4.87. The fourth-order valence-electron chi connectivity index (χ4n) is 1.71. The van der Waals surface area contributed by atoms with E-state index < -0.39 is 0 Å². The first-order chi connectivity index (χ1) is 10.0. The van der Waals surface area contributed by atoms with Gasteiger partial charge in [0.15, 0.2) is 5.78 Å². The summed E-state index contributed by atoms with van der Waals surface area (Å²) in [6.07, 6.45) is 0.716. The Balaban J connectivity index is 0.000000677. The van der Waals surface area contributed by atoms with E-state index in [9.17, 15) is 9.59 Å². The molecule has 0 radical (unpaired) electrons. The molecule has 0 heterocycles. The zero-order chi connectivity index (χ0) is 15.8. The third kappa shape index (κ3) is 4.81. The smallest absolute Gasteiger partial charge is 0.194 e. The minimum absolute atomic E-state index is 0.177. The summed E-state index contributed by atoms with van der Waals surface area (Å²) in [5.74, 6) is -0.177. The van der Waals surface area contributed by atoms with E-state index in [4.69, 9.17) is 11.6 Å². The molecule has 0 saturated carbocycles. The molecule has 2 aromatic carbocycles. The van der Waals surface area contributed by atoms with E-state index in [2.05, 4.69) is 4.74 Å². The standard InChI is InChI=1S/C15H11ClO2.C2H6O/c1-10-5-6-13(14(16)7-10)15(18)12-4-2-3-11(8-12)9-17;1-3-2/h2-9H,1H3;1-2H3. The third-order valence-electron chi connectivity index (χ3n) is 2.65. The summed E-state index contributed by atoms with van der Waals surface area (Å²) >= 11 is 6.06. The Bertz CT molecular complexity index is 636. The van der Waals surface area contributed by atoms with Gasteiger partial charge in [0, 0.05) is 30.9 Å². The van der Waals surface area contributed by atoms with E-state index >= 15 is 0 Å².